The number of esters is 1. The van der Waals surface area contributed by atoms with Gasteiger partial charge in [-0.3, -0.25) is 4.79 Å². The molecule has 0 aromatic rings. The Kier molecular flexibility index (Phi) is 4.24. The predicted octanol–water partition coefficient (Wildman–Crippen LogP) is -0.286. The Bertz CT molecular complexity index is 526. The van der Waals surface area contributed by atoms with Gasteiger partial charge < -0.3 is 14.5 Å². The first-order valence-electron chi connectivity index (χ1n) is 9.99. The van der Waals surface area contributed by atoms with Crippen molar-refractivity contribution < 1.29 is 19.3 Å². The van der Waals surface area contributed by atoms with Gasteiger partial charge in [-0.15, -0.1) is 0 Å². The largest absolute Gasteiger partial charge is 0.462 e. The van der Waals surface area contributed by atoms with Crippen molar-refractivity contribution in [3.63, 3.8) is 0 Å². The van der Waals surface area contributed by atoms with Gasteiger partial charge in [0, 0.05) is 5.92 Å². The summed E-state index contributed by atoms with van der Waals surface area (Å²) in [5.41, 5.74) is 1.76. The Balaban J connectivity index is 1.47. The van der Waals surface area contributed by atoms with E-state index in [9.17, 15) is 4.79 Å². The molecular weight excluding hydrogens is 300 g/mol. The number of likely N-dealkylation sites (N-methyl/N-ethyl adjacent to an activating group) is 1. The van der Waals surface area contributed by atoms with E-state index in [1.807, 2.05) is 0 Å². The molecule has 4 heteroatoms. The summed E-state index contributed by atoms with van der Waals surface area (Å²) >= 11 is 0. The summed E-state index contributed by atoms with van der Waals surface area (Å²) in [6.07, 6.45) is 6.08. The van der Waals surface area contributed by atoms with Gasteiger partial charge in [0.15, 0.2) is 0 Å². The number of hydrogen-bond acceptors (Lipinski definition) is 2. The van der Waals surface area contributed by atoms with Crippen LogP contribution in [0.25, 0.3) is 0 Å². The van der Waals surface area contributed by atoms with Crippen molar-refractivity contribution in [2.75, 3.05) is 39.8 Å². The van der Waals surface area contributed by atoms with E-state index in [2.05, 4.69) is 20.6 Å². The summed E-state index contributed by atoms with van der Waals surface area (Å²) in [5, 5.41) is 0. The average Bonchev–Trinajstić information content (AvgIpc) is 2.82. The van der Waals surface area contributed by atoms with Crippen molar-refractivity contribution >= 4 is 5.97 Å². The van der Waals surface area contributed by atoms with Crippen LogP contribution in [0, 0.1) is 23.2 Å². The fourth-order valence-corrected chi connectivity index (χ4v) is 6.03. The van der Waals surface area contributed by atoms with Gasteiger partial charge in [0.2, 0.25) is 0 Å². The first-order chi connectivity index (χ1) is 11.5. The van der Waals surface area contributed by atoms with Crippen LogP contribution in [-0.2, 0) is 9.53 Å². The van der Waals surface area contributed by atoms with Gasteiger partial charge in [0.25, 0.3) is 0 Å². The lowest BCUT2D eigenvalue weighted by Gasteiger charge is -2.50. The number of piperazine rings is 1. The molecule has 2 aliphatic carbocycles. The van der Waals surface area contributed by atoms with Crippen LogP contribution < -0.4 is 9.80 Å². The van der Waals surface area contributed by atoms with Crippen molar-refractivity contribution in [1.29, 1.82) is 0 Å². The lowest BCUT2D eigenvalue weighted by molar-refractivity contribution is -1.00. The molecule has 0 bridgehead atoms. The molecule has 2 aliphatic heterocycles. The Morgan fingerprint density at radius 1 is 1.29 bits per heavy atom. The third kappa shape index (κ3) is 2.82. The summed E-state index contributed by atoms with van der Waals surface area (Å²) in [6, 6.07) is 0. The number of hydrogen-bond donors (Lipinski definition) is 2. The monoisotopic (exact) mass is 334 g/mol. The van der Waals surface area contributed by atoms with E-state index in [1.165, 1.54) is 51.0 Å². The van der Waals surface area contributed by atoms with E-state index in [-0.39, 0.29) is 18.0 Å². The van der Waals surface area contributed by atoms with Crippen LogP contribution in [0.3, 0.4) is 0 Å². The summed E-state index contributed by atoms with van der Waals surface area (Å²) in [6.45, 7) is 12.6. The van der Waals surface area contributed by atoms with Gasteiger partial charge in [0.1, 0.15) is 38.2 Å². The smallest absolute Gasteiger partial charge is 0.315 e. The summed E-state index contributed by atoms with van der Waals surface area (Å²) in [4.78, 5) is 15.8. The highest BCUT2D eigenvalue weighted by molar-refractivity contribution is 5.75. The van der Waals surface area contributed by atoms with Crippen LogP contribution in [0.1, 0.15) is 39.0 Å². The second-order valence-corrected chi connectivity index (χ2v) is 9.32. The van der Waals surface area contributed by atoms with Gasteiger partial charge >= 0.3 is 5.97 Å². The highest BCUT2D eigenvalue weighted by Gasteiger charge is 2.56. The highest BCUT2D eigenvalue weighted by Crippen LogP contribution is 2.56. The van der Waals surface area contributed by atoms with Gasteiger partial charge in [-0.1, -0.05) is 19.1 Å². The molecule has 0 aromatic carbocycles. The van der Waals surface area contributed by atoms with Gasteiger partial charge in [-0.2, -0.15) is 0 Å². The molecule has 0 amide bonds. The number of fused-ring (bicyclic) bond motifs is 2. The van der Waals surface area contributed by atoms with E-state index >= 15 is 0 Å². The Labute approximate surface area is 146 Å². The van der Waals surface area contributed by atoms with Crippen LogP contribution >= 0.6 is 0 Å². The van der Waals surface area contributed by atoms with Gasteiger partial charge in [-0.05, 0) is 43.4 Å². The number of quaternary nitrogens is 2. The average molecular weight is 335 g/mol. The van der Waals surface area contributed by atoms with E-state index in [4.69, 9.17) is 4.74 Å². The van der Waals surface area contributed by atoms with E-state index < -0.39 is 0 Å². The number of ether oxygens (including phenoxy) is 1. The SMILES string of the molecule is C=C1CCC[C@@]2(C)C[C@H]3OC(=O)[C@@H](C[NH+]4CC[NH+](C)CC4)[C@@H]3C[C@H]12. The van der Waals surface area contributed by atoms with Crippen LogP contribution in [0.2, 0.25) is 0 Å². The summed E-state index contributed by atoms with van der Waals surface area (Å²) in [5.74, 6) is 1.26. The normalized spacial score (nSPS) is 48.6. The molecule has 4 rings (SSSR count). The molecule has 4 fully saturated rings. The molecule has 0 aromatic heterocycles. The Morgan fingerprint density at radius 2 is 2.04 bits per heavy atom. The summed E-state index contributed by atoms with van der Waals surface area (Å²) in [7, 11) is 2.27. The Morgan fingerprint density at radius 3 is 2.79 bits per heavy atom. The maximum Gasteiger partial charge on any atom is 0.315 e. The molecule has 0 radical (unpaired) electrons. The highest BCUT2D eigenvalue weighted by atomic mass is 16.6. The van der Waals surface area contributed by atoms with E-state index in [0.717, 1.165) is 19.4 Å². The second-order valence-electron chi connectivity index (χ2n) is 9.32. The molecule has 2 heterocycles. The quantitative estimate of drug-likeness (QED) is 0.538. The minimum absolute atomic E-state index is 0.0941. The molecule has 0 spiro atoms. The molecule has 24 heavy (non-hydrogen) atoms. The van der Waals surface area contributed by atoms with Crippen LogP contribution in [0.15, 0.2) is 12.2 Å². The third-order valence-corrected chi connectivity index (χ3v) is 7.64. The van der Waals surface area contributed by atoms with Crippen molar-refractivity contribution in [2.45, 2.75) is 45.1 Å². The number of carbonyl (C=O) groups is 1. The first-order valence-corrected chi connectivity index (χ1v) is 9.99. The maximum atomic E-state index is 12.6. The molecule has 0 unspecified atom stereocenters. The van der Waals surface area contributed by atoms with E-state index in [1.54, 1.807) is 9.80 Å². The minimum atomic E-state index is 0.0941. The maximum absolute atomic E-state index is 12.6. The topological polar surface area (TPSA) is 35.2 Å². The van der Waals surface area contributed by atoms with Crippen LogP contribution in [0.5, 0.6) is 0 Å². The van der Waals surface area contributed by atoms with Gasteiger partial charge in [0.05, 0.1) is 13.6 Å². The predicted molar refractivity (Wildman–Crippen MR) is 92.9 cm³/mol. The molecule has 4 nitrogen and oxygen atoms in total. The molecular formula is C20H34N2O2+2. The molecule has 2 N–H and O–H groups in total. The lowest BCUT2D eigenvalue weighted by atomic mass is 9.55. The number of rotatable bonds is 2. The zero-order valence-electron chi connectivity index (χ0n) is 15.4. The summed E-state index contributed by atoms with van der Waals surface area (Å²) < 4.78 is 5.90. The molecule has 5 atom stereocenters. The van der Waals surface area contributed by atoms with Crippen molar-refractivity contribution in [2.24, 2.45) is 23.2 Å². The fraction of sp³-hybridized carbons (Fsp3) is 0.850. The zero-order valence-corrected chi connectivity index (χ0v) is 15.4. The third-order valence-electron chi connectivity index (χ3n) is 7.64. The first kappa shape index (κ1) is 16.6. The van der Waals surface area contributed by atoms with Crippen LogP contribution in [-0.4, -0.2) is 51.8 Å². The van der Waals surface area contributed by atoms with Crippen molar-refractivity contribution in [3.05, 3.63) is 12.2 Å². The Hall–Kier alpha value is -0.870. The zero-order chi connectivity index (χ0) is 16.9. The number of nitrogens with one attached hydrogen (secondary N) is 2. The standard InChI is InChI=1S/C20H32N2O2/c1-14-5-4-6-20(2)12-18-15(11-17(14)20)16(19(23)24-18)13-22-9-7-21(3)8-10-22/h15-18H,1,4-13H2,2-3H3/p+2/t15-,16-,17+,18+,20-/m0/s1. The lowest BCUT2D eigenvalue weighted by Crippen LogP contribution is -3.27. The van der Waals surface area contributed by atoms with Crippen molar-refractivity contribution in [3.8, 4) is 0 Å². The molecule has 2 saturated heterocycles. The molecule has 2 saturated carbocycles. The van der Waals surface area contributed by atoms with Crippen molar-refractivity contribution in [1.82, 2.24) is 0 Å². The number of carbonyl (C=O) groups excluding carboxylic acids is 1. The van der Waals surface area contributed by atoms with E-state index in [0.29, 0.717) is 17.3 Å². The van der Waals surface area contributed by atoms with Crippen LogP contribution in [0.4, 0.5) is 0 Å². The molecule has 4 aliphatic rings. The second kappa shape index (κ2) is 6.14. The minimum Gasteiger partial charge on any atom is -0.462 e. The van der Waals surface area contributed by atoms with Gasteiger partial charge in [-0.25, -0.2) is 0 Å². The fourth-order valence-electron chi connectivity index (χ4n) is 6.03. The number of allylic oxidation sites excluding steroid dienone is 1. The molecule has 134 valence electrons.